The first-order chi connectivity index (χ1) is 14.8. The Kier molecular flexibility index (Phi) is 5.16. The Labute approximate surface area is 177 Å². The summed E-state index contributed by atoms with van der Waals surface area (Å²) in [7, 11) is 0. The van der Waals surface area contributed by atoms with Crippen LogP contribution in [0.15, 0.2) is 83.9 Å². The van der Waals surface area contributed by atoms with Gasteiger partial charge >= 0.3 is 0 Å². The molecule has 1 unspecified atom stereocenters. The van der Waals surface area contributed by atoms with Gasteiger partial charge in [0.2, 0.25) is 5.91 Å². The molecule has 1 N–H and O–H groups in total. The van der Waals surface area contributed by atoms with E-state index in [1.54, 1.807) is 0 Å². The molecule has 2 aliphatic heterocycles. The molecule has 2 aliphatic rings. The third-order valence-electron chi connectivity index (χ3n) is 5.93. The number of nitrogens with one attached hydrogen (secondary N) is 1. The van der Waals surface area contributed by atoms with Crippen LogP contribution in [0.5, 0.6) is 0 Å². The van der Waals surface area contributed by atoms with Crippen molar-refractivity contribution in [3.63, 3.8) is 0 Å². The molecule has 4 heteroatoms. The van der Waals surface area contributed by atoms with Crippen LogP contribution in [0.1, 0.15) is 35.4 Å². The monoisotopic (exact) mass is 395 g/mol. The first-order valence-corrected chi connectivity index (χ1v) is 10.6. The van der Waals surface area contributed by atoms with Crippen molar-refractivity contribution < 1.29 is 4.79 Å². The van der Waals surface area contributed by atoms with E-state index >= 15 is 0 Å². The third kappa shape index (κ3) is 3.79. The average molecular weight is 396 g/mol. The Bertz CT molecular complexity index is 1070. The molecule has 1 fully saturated rings. The molecule has 5 rings (SSSR count). The van der Waals surface area contributed by atoms with Crippen molar-refractivity contribution >= 4 is 23.0 Å². The van der Waals surface area contributed by atoms with Crippen molar-refractivity contribution in [2.75, 3.05) is 18.4 Å². The largest absolute Gasteiger partial charge is 0.325 e. The van der Waals surface area contributed by atoms with Gasteiger partial charge in [-0.1, -0.05) is 60.7 Å². The molecule has 0 bridgehead atoms. The standard InChI is InChI=1S/C26H25N3O/c30-26-24(22-10-4-5-11-23(22)28-26)25(20-8-2-1-3-9-20)27-21-14-12-19(13-15-21)18-29-16-6-7-17-29/h1-5,8-15,24H,6-7,16-18H2,(H,28,30). The van der Waals surface area contributed by atoms with E-state index in [4.69, 9.17) is 4.99 Å². The molecule has 1 amide bonds. The molecule has 3 aromatic rings. The van der Waals surface area contributed by atoms with E-state index in [9.17, 15) is 4.79 Å². The molecule has 150 valence electrons. The van der Waals surface area contributed by atoms with Crippen molar-refractivity contribution in [1.82, 2.24) is 4.90 Å². The van der Waals surface area contributed by atoms with Crippen molar-refractivity contribution in [2.24, 2.45) is 4.99 Å². The summed E-state index contributed by atoms with van der Waals surface area (Å²) in [5.74, 6) is -0.433. The van der Waals surface area contributed by atoms with Gasteiger partial charge in [0.05, 0.1) is 11.4 Å². The molecule has 0 saturated carbocycles. The van der Waals surface area contributed by atoms with Crippen LogP contribution in [0, 0.1) is 0 Å². The van der Waals surface area contributed by atoms with Gasteiger partial charge in [-0.3, -0.25) is 14.7 Å². The van der Waals surface area contributed by atoms with E-state index in [1.165, 1.54) is 31.5 Å². The number of likely N-dealkylation sites (tertiary alicyclic amines) is 1. The van der Waals surface area contributed by atoms with E-state index in [1.807, 2.05) is 54.6 Å². The summed E-state index contributed by atoms with van der Waals surface area (Å²) >= 11 is 0. The maximum Gasteiger partial charge on any atom is 0.238 e. The lowest BCUT2D eigenvalue weighted by molar-refractivity contribution is -0.115. The first-order valence-electron chi connectivity index (χ1n) is 10.6. The van der Waals surface area contributed by atoms with E-state index in [0.717, 1.165) is 34.8 Å². The molecule has 1 saturated heterocycles. The molecule has 4 nitrogen and oxygen atoms in total. The van der Waals surface area contributed by atoms with E-state index < -0.39 is 5.92 Å². The highest BCUT2D eigenvalue weighted by Gasteiger charge is 2.35. The fraction of sp³-hybridized carbons (Fsp3) is 0.231. The highest BCUT2D eigenvalue weighted by molar-refractivity contribution is 6.24. The fourth-order valence-electron chi connectivity index (χ4n) is 4.40. The quantitative estimate of drug-likeness (QED) is 0.608. The van der Waals surface area contributed by atoms with Gasteiger partial charge in [-0.15, -0.1) is 0 Å². The number of anilines is 1. The van der Waals surface area contributed by atoms with Crippen LogP contribution < -0.4 is 5.32 Å². The summed E-state index contributed by atoms with van der Waals surface area (Å²) < 4.78 is 0. The first kappa shape index (κ1) is 18.8. The number of carbonyl (C=O) groups is 1. The van der Waals surface area contributed by atoms with E-state index in [0.29, 0.717) is 0 Å². The normalized spacial score (nSPS) is 19.0. The number of nitrogens with zero attached hydrogens (tertiary/aromatic N) is 2. The lowest BCUT2D eigenvalue weighted by atomic mass is 9.90. The van der Waals surface area contributed by atoms with Crippen LogP contribution in [0.4, 0.5) is 11.4 Å². The summed E-state index contributed by atoms with van der Waals surface area (Å²) in [6.07, 6.45) is 2.60. The maximum absolute atomic E-state index is 12.9. The maximum atomic E-state index is 12.9. The molecule has 0 radical (unpaired) electrons. The van der Waals surface area contributed by atoms with Crippen LogP contribution in [0.2, 0.25) is 0 Å². The summed E-state index contributed by atoms with van der Waals surface area (Å²) in [4.78, 5) is 20.4. The van der Waals surface area contributed by atoms with Crippen LogP contribution in [0.3, 0.4) is 0 Å². The van der Waals surface area contributed by atoms with E-state index in [2.05, 4.69) is 34.5 Å². The predicted molar refractivity (Wildman–Crippen MR) is 121 cm³/mol. The molecule has 0 spiro atoms. The second-order valence-electron chi connectivity index (χ2n) is 8.02. The number of hydrogen-bond acceptors (Lipinski definition) is 3. The van der Waals surface area contributed by atoms with Crippen molar-refractivity contribution in [3.8, 4) is 0 Å². The van der Waals surface area contributed by atoms with Gasteiger partial charge in [0.1, 0.15) is 5.92 Å². The highest BCUT2D eigenvalue weighted by Crippen LogP contribution is 2.36. The highest BCUT2D eigenvalue weighted by atomic mass is 16.2. The molecule has 0 aliphatic carbocycles. The third-order valence-corrected chi connectivity index (χ3v) is 5.93. The van der Waals surface area contributed by atoms with Crippen molar-refractivity contribution in [3.05, 3.63) is 95.6 Å². The lowest BCUT2D eigenvalue weighted by Crippen LogP contribution is -2.22. The summed E-state index contributed by atoms with van der Waals surface area (Å²) in [6.45, 7) is 3.37. The van der Waals surface area contributed by atoms with Crippen molar-refractivity contribution in [2.45, 2.75) is 25.3 Å². The number of benzene rings is 3. The Hall–Kier alpha value is -3.24. The van der Waals surface area contributed by atoms with Crippen LogP contribution in [-0.4, -0.2) is 29.6 Å². The Morgan fingerprint density at radius 2 is 1.60 bits per heavy atom. The number of hydrogen-bond donors (Lipinski definition) is 1. The summed E-state index contributed by atoms with van der Waals surface area (Å²) in [5, 5.41) is 3.01. The van der Waals surface area contributed by atoms with Gasteiger partial charge in [-0.05, 0) is 60.8 Å². The summed E-state index contributed by atoms with van der Waals surface area (Å²) in [5.41, 5.74) is 5.78. The number of carbonyl (C=O) groups excluding carboxylic acids is 1. The zero-order chi connectivity index (χ0) is 20.3. The number of rotatable bonds is 5. The Morgan fingerprint density at radius 1 is 0.900 bits per heavy atom. The number of aliphatic imine (C=N–C) groups is 1. The van der Waals surface area contributed by atoms with Crippen LogP contribution in [-0.2, 0) is 11.3 Å². The Morgan fingerprint density at radius 3 is 2.37 bits per heavy atom. The second kappa shape index (κ2) is 8.25. The summed E-state index contributed by atoms with van der Waals surface area (Å²) in [6, 6.07) is 26.3. The van der Waals surface area contributed by atoms with Crippen LogP contribution in [0.25, 0.3) is 0 Å². The van der Waals surface area contributed by atoms with E-state index in [-0.39, 0.29) is 5.91 Å². The van der Waals surface area contributed by atoms with Gasteiger partial charge in [-0.2, -0.15) is 0 Å². The fourth-order valence-corrected chi connectivity index (χ4v) is 4.40. The SMILES string of the molecule is O=C1Nc2ccccc2C1C(=Nc1ccc(CN2CCCC2)cc1)c1ccccc1. The van der Waals surface area contributed by atoms with Gasteiger partial charge in [-0.25, -0.2) is 0 Å². The minimum Gasteiger partial charge on any atom is -0.325 e. The zero-order valence-electron chi connectivity index (χ0n) is 16.9. The lowest BCUT2D eigenvalue weighted by Gasteiger charge is -2.15. The minimum absolute atomic E-state index is 0.0237. The molecular weight excluding hydrogens is 370 g/mol. The molecule has 30 heavy (non-hydrogen) atoms. The molecule has 0 aromatic heterocycles. The zero-order valence-corrected chi connectivity index (χ0v) is 16.9. The van der Waals surface area contributed by atoms with Crippen molar-refractivity contribution in [1.29, 1.82) is 0 Å². The Balaban J connectivity index is 1.50. The number of amides is 1. The molecule has 2 heterocycles. The molecule has 1 atom stereocenters. The predicted octanol–water partition coefficient (Wildman–Crippen LogP) is 5.14. The van der Waals surface area contributed by atoms with Gasteiger partial charge < -0.3 is 5.32 Å². The molecule has 3 aromatic carbocycles. The second-order valence-corrected chi connectivity index (χ2v) is 8.02. The minimum atomic E-state index is -0.409. The number of fused-ring (bicyclic) bond motifs is 1. The van der Waals surface area contributed by atoms with Gasteiger partial charge in [0.15, 0.2) is 0 Å². The van der Waals surface area contributed by atoms with Gasteiger partial charge in [0.25, 0.3) is 0 Å². The molecular formula is C26H25N3O. The van der Waals surface area contributed by atoms with Crippen LogP contribution >= 0.6 is 0 Å². The smallest absolute Gasteiger partial charge is 0.238 e. The topological polar surface area (TPSA) is 44.7 Å². The number of para-hydroxylation sites is 1. The van der Waals surface area contributed by atoms with Gasteiger partial charge in [0, 0.05) is 12.2 Å². The average Bonchev–Trinajstić information content (AvgIpc) is 3.41.